The Morgan fingerprint density at radius 2 is 1.56 bits per heavy atom. The Bertz CT molecular complexity index is 832. The van der Waals surface area contributed by atoms with Crippen LogP contribution in [-0.4, -0.2) is 92.5 Å². The molecule has 15 nitrogen and oxygen atoms in total. The Kier molecular flexibility index (Phi) is 10.9. The highest BCUT2D eigenvalue weighted by Crippen LogP contribution is 2.20. The van der Waals surface area contributed by atoms with Crippen LogP contribution in [0.1, 0.15) is 44.9 Å². The van der Waals surface area contributed by atoms with E-state index >= 15 is 0 Å². The minimum atomic E-state index is -1.71. The molecule has 0 aromatic heterocycles. The minimum Gasteiger partial charge on any atom is -0.481 e. The highest BCUT2D eigenvalue weighted by atomic mass is 16.4. The average Bonchev–Trinajstić information content (AvgIpc) is 3.23. The Hall–Kier alpha value is -3.75. The third-order valence-electron chi connectivity index (χ3n) is 5.13. The fourth-order valence-electron chi connectivity index (χ4n) is 3.38. The van der Waals surface area contributed by atoms with Crippen LogP contribution >= 0.6 is 0 Å². The SMILES string of the molecule is NC(=O)CCC(NC(=O)C(N)CCC(=O)O)C(=O)N1CCCC1C(=O)NC(CC(=O)O)C(=O)O. The van der Waals surface area contributed by atoms with Crippen LogP contribution in [-0.2, 0) is 33.6 Å². The molecule has 0 aliphatic carbocycles. The Morgan fingerprint density at radius 3 is 2.09 bits per heavy atom. The molecule has 1 rings (SSSR count). The third-order valence-corrected chi connectivity index (χ3v) is 5.13. The summed E-state index contributed by atoms with van der Waals surface area (Å²) in [5.41, 5.74) is 10.8. The summed E-state index contributed by atoms with van der Waals surface area (Å²) in [5, 5.41) is 31.1. The molecule has 4 amide bonds. The molecule has 4 unspecified atom stereocenters. The van der Waals surface area contributed by atoms with Gasteiger partial charge < -0.3 is 42.3 Å². The summed E-state index contributed by atoms with van der Waals surface area (Å²) in [7, 11) is 0. The van der Waals surface area contributed by atoms with E-state index in [2.05, 4.69) is 10.6 Å². The van der Waals surface area contributed by atoms with Gasteiger partial charge in [-0.1, -0.05) is 0 Å². The maximum atomic E-state index is 13.1. The van der Waals surface area contributed by atoms with Crippen molar-refractivity contribution in [2.75, 3.05) is 6.54 Å². The number of hydrogen-bond acceptors (Lipinski definition) is 8. The molecule has 4 atom stereocenters. The number of carboxylic acids is 3. The number of carbonyl (C=O) groups excluding carboxylic acids is 4. The molecule has 0 aromatic carbocycles. The number of amides is 4. The summed E-state index contributed by atoms with van der Waals surface area (Å²) in [5.74, 6) is -7.39. The number of aliphatic carboxylic acids is 3. The zero-order valence-electron chi connectivity index (χ0n) is 18.3. The van der Waals surface area contributed by atoms with Gasteiger partial charge in [0.05, 0.1) is 12.5 Å². The fraction of sp³-hybridized carbons (Fsp3) is 0.632. The molecule has 1 heterocycles. The molecule has 190 valence electrons. The van der Waals surface area contributed by atoms with Gasteiger partial charge in [0, 0.05) is 19.4 Å². The quantitative estimate of drug-likeness (QED) is 0.129. The van der Waals surface area contributed by atoms with E-state index in [1.54, 1.807) is 0 Å². The largest absolute Gasteiger partial charge is 0.481 e. The Labute approximate surface area is 193 Å². The van der Waals surface area contributed by atoms with E-state index in [0.29, 0.717) is 6.42 Å². The molecule has 0 bridgehead atoms. The number of carbonyl (C=O) groups is 7. The van der Waals surface area contributed by atoms with Crippen molar-refractivity contribution < 1.29 is 48.9 Å². The first kappa shape index (κ1) is 28.3. The van der Waals surface area contributed by atoms with Gasteiger partial charge in [-0.3, -0.25) is 28.8 Å². The second-order valence-corrected chi connectivity index (χ2v) is 7.79. The van der Waals surface area contributed by atoms with Crippen molar-refractivity contribution in [3.8, 4) is 0 Å². The van der Waals surface area contributed by atoms with Crippen molar-refractivity contribution in [1.29, 1.82) is 0 Å². The van der Waals surface area contributed by atoms with Gasteiger partial charge in [-0.2, -0.15) is 0 Å². The lowest BCUT2D eigenvalue weighted by molar-refractivity contribution is -0.148. The van der Waals surface area contributed by atoms with Crippen LogP contribution in [0.2, 0.25) is 0 Å². The van der Waals surface area contributed by atoms with Crippen LogP contribution in [0.5, 0.6) is 0 Å². The van der Waals surface area contributed by atoms with Gasteiger partial charge in [-0.25, -0.2) is 4.79 Å². The van der Waals surface area contributed by atoms with Crippen molar-refractivity contribution >= 4 is 41.5 Å². The van der Waals surface area contributed by atoms with Crippen molar-refractivity contribution in [2.45, 2.75) is 69.1 Å². The molecule has 15 heteroatoms. The molecule has 0 aromatic rings. The predicted octanol–water partition coefficient (Wildman–Crippen LogP) is -3.04. The lowest BCUT2D eigenvalue weighted by Gasteiger charge is -2.29. The molecular weight excluding hydrogens is 458 g/mol. The number of hydrogen-bond donors (Lipinski definition) is 7. The second kappa shape index (κ2) is 13.1. The first-order valence-electron chi connectivity index (χ1n) is 10.4. The topological polar surface area (TPSA) is 260 Å². The van der Waals surface area contributed by atoms with Gasteiger partial charge in [0.25, 0.3) is 0 Å². The van der Waals surface area contributed by atoms with Gasteiger partial charge in [0.1, 0.15) is 18.1 Å². The van der Waals surface area contributed by atoms with Crippen LogP contribution in [0, 0.1) is 0 Å². The Balaban J connectivity index is 2.97. The molecule has 1 saturated heterocycles. The van der Waals surface area contributed by atoms with E-state index in [9.17, 15) is 33.6 Å². The normalized spacial score (nSPS) is 17.8. The number of likely N-dealkylation sites (tertiary alicyclic amines) is 1. The zero-order valence-corrected chi connectivity index (χ0v) is 18.3. The molecule has 9 N–H and O–H groups in total. The summed E-state index contributed by atoms with van der Waals surface area (Å²) in [6.45, 7) is 0.0849. The van der Waals surface area contributed by atoms with E-state index in [0.717, 1.165) is 4.90 Å². The van der Waals surface area contributed by atoms with Gasteiger partial charge >= 0.3 is 17.9 Å². The van der Waals surface area contributed by atoms with Crippen molar-refractivity contribution in [2.24, 2.45) is 11.5 Å². The van der Waals surface area contributed by atoms with Crippen molar-refractivity contribution in [3.05, 3.63) is 0 Å². The molecule has 34 heavy (non-hydrogen) atoms. The van der Waals surface area contributed by atoms with Crippen LogP contribution in [0.3, 0.4) is 0 Å². The molecule has 1 aliphatic heterocycles. The first-order valence-corrected chi connectivity index (χ1v) is 10.4. The number of nitrogens with two attached hydrogens (primary N) is 2. The van der Waals surface area contributed by atoms with Crippen LogP contribution in [0.15, 0.2) is 0 Å². The second-order valence-electron chi connectivity index (χ2n) is 7.79. The van der Waals surface area contributed by atoms with Gasteiger partial charge in [-0.15, -0.1) is 0 Å². The summed E-state index contributed by atoms with van der Waals surface area (Å²) in [6.07, 6.45) is -1.43. The first-order chi connectivity index (χ1) is 15.8. The van der Waals surface area contributed by atoms with Crippen LogP contribution in [0.4, 0.5) is 0 Å². The van der Waals surface area contributed by atoms with E-state index in [1.165, 1.54) is 0 Å². The smallest absolute Gasteiger partial charge is 0.326 e. The maximum absolute atomic E-state index is 13.1. The predicted molar refractivity (Wildman–Crippen MR) is 112 cm³/mol. The highest BCUT2D eigenvalue weighted by Gasteiger charge is 2.39. The van der Waals surface area contributed by atoms with E-state index in [-0.39, 0.29) is 38.6 Å². The molecule has 1 fully saturated rings. The van der Waals surface area contributed by atoms with E-state index in [1.807, 2.05) is 0 Å². The fourth-order valence-corrected chi connectivity index (χ4v) is 3.38. The zero-order chi connectivity index (χ0) is 26.0. The number of rotatable bonds is 14. The monoisotopic (exact) mass is 487 g/mol. The molecular formula is C19H29N5O10. The van der Waals surface area contributed by atoms with Gasteiger partial charge in [-0.05, 0) is 25.7 Å². The lowest BCUT2D eigenvalue weighted by Crippen LogP contribution is -2.57. The summed E-state index contributed by atoms with van der Waals surface area (Å²) in [6, 6.07) is -5.39. The molecule has 0 saturated carbocycles. The van der Waals surface area contributed by atoms with Crippen molar-refractivity contribution in [1.82, 2.24) is 15.5 Å². The summed E-state index contributed by atoms with van der Waals surface area (Å²) < 4.78 is 0. The molecule has 0 spiro atoms. The molecule has 1 aliphatic rings. The number of nitrogens with zero attached hydrogens (tertiary/aromatic N) is 1. The maximum Gasteiger partial charge on any atom is 0.326 e. The van der Waals surface area contributed by atoms with Crippen LogP contribution < -0.4 is 22.1 Å². The third kappa shape index (κ3) is 9.01. The lowest BCUT2D eigenvalue weighted by atomic mass is 10.1. The minimum absolute atomic E-state index is 0.0849. The summed E-state index contributed by atoms with van der Waals surface area (Å²) in [4.78, 5) is 83.2. The van der Waals surface area contributed by atoms with E-state index < -0.39 is 72.1 Å². The number of primary amides is 1. The van der Waals surface area contributed by atoms with Crippen LogP contribution in [0.25, 0.3) is 0 Å². The molecule has 0 radical (unpaired) electrons. The van der Waals surface area contributed by atoms with Gasteiger partial charge in [0.15, 0.2) is 0 Å². The summed E-state index contributed by atoms with van der Waals surface area (Å²) >= 11 is 0. The number of carboxylic acid groups (broad SMARTS) is 3. The Morgan fingerprint density at radius 1 is 0.912 bits per heavy atom. The van der Waals surface area contributed by atoms with Gasteiger partial charge in [0.2, 0.25) is 23.6 Å². The standard InChI is InChI=1S/C19H29N5O10/c20-9(3-6-14(26)27)16(30)22-10(4-5-13(21)25)18(32)24-7-1-2-12(24)17(31)23-11(19(33)34)8-15(28)29/h9-12H,1-8,20H2,(H2,21,25)(H,22,30)(H,23,31)(H,26,27)(H,28,29)(H,33,34). The number of nitrogens with one attached hydrogen (secondary N) is 2. The average molecular weight is 487 g/mol. The van der Waals surface area contributed by atoms with Crippen molar-refractivity contribution in [3.63, 3.8) is 0 Å². The van der Waals surface area contributed by atoms with E-state index in [4.69, 9.17) is 26.8 Å². The highest BCUT2D eigenvalue weighted by molar-refractivity contribution is 5.95.